The Balaban J connectivity index is 1.10. The molecule has 5 rings (SSSR count). The molecule has 8 nitrogen and oxygen atoms in total. The largest absolute Gasteiger partial charge is 0.434 e. The van der Waals surface area contributed by atoms with Crippen molar-refractivity contribution in [2.24, 2.45) is 5.92 Å². The number of piperidine rings is 1. The summed E-state index contributed by atoms with van der Waals surface area (Å²) in [5, 5.41) is 1.41. The van der Waals surface area contributed by atoms with E-state index in [4.69, 9.17) is 16.4 Å². The smallest absolute Gasteiger partial charge is 0.309 e. The van der Waals surface area contributed by atoms with Crippen LogP contribution in [-0.2, 0) is 22.6 Å². The lowest BCUT2D eigenvalue weighted by molar-refractivity contribution is -0.152. The van der Waals surface area contributed by atoms with E-state index in [1.165, 1.54) is 10.5 Å². The lowest BCUT2D eigenvalue weighted by Crippen LogP contribution is -2.52. The number of urea groups is 1. The number of fused-ring (bicyclic) bond motifs is 1. The van der Waals surface area contributed by atoms with E-state index in [0.717, 1.165) is 40.7 Å². The molecule has 3 heterocycles. The first-order valence-corrected chi connectivity index (χ1v) is 13.9. The van der Waals surface area contributed by atoms with Crippen molar-refractivity contribution in [2.75, 3.05) is 32.7 Å². The lowest BCUT2D eigenvalue weighted by Gasteiger charge is -2.35. The zero-order valence-corrected chi connectivity index (χ0v) is 22.9. The molecule has 3 saturated heterocycles. The number of hydroxylamine groups is 2. The summed E-state index contributed by atoms with van der Waals surface area (Å²) in [4.78, 5) is 49.3. The van der Waals surface area contributed by atoms with Gasteiger partial charge in [0.15, 0.2) is 0 Å². The minimum Gasteiger partial charge on any atom is -0.309 e. The van der Waals surface area contributed by atoms with Crippen molar-refractivity contribution in [3.63, 3.8) is 0 Å². The molecule has 2 aromatic carbocycles. The number of likely N-dealkylation sites (tertiary alicyclic amines) is 1. The number of rotatable bonds is 6. The molecule has 3 aliphatic heterocycles. The molecule has 3 fully saturated rings. The van der Waals surface area contributed by atoms with E-state index in [1.54, 1.807) is 4.90 Å². The summed E-state index contributed by atoms with van der Waals surface area (Å²) in [5.74, 6) is 0.0391. The second-order valence-electron chi connectivity index (χ2n) is 9.94. The van der Waals surface area contributed by atoms with Crippen molar-refractivity contribution < 1.29 is 19.2 Å². The summed E-state index contributed by atoms with van der Waals surface area (Å²) < 4.78 is 1.01. The fourth-order valence-corrected chi connectivity index (χ4v) is 5.65. The number of aryl methyl sites for hydroxylation is 1. The van der Waals surface area contributed by atoms with E-state index in [9.17, 15) is 14.4 Å². The van der Waals surface area contributed by atoms with Gasteiger partial charge in [0.25, 0.3) is 5.91 Å². The summed E-state index contributed by atoms with van der Waals surface area (Å²) in [6.07, 6.45) is 3.11. The Bertz CT molecular complexity index is 1140. The van der Waals surface area contributed by atoms with E-state index >= 15 is 0 Å². The maximum absolute atomic E-state index is 13.0. The van der Waals surface area contributed by atoms with Gasteiger partial charge in [-0.05, 0) is 67.0 Å². The molecule has 0 aliphatic carbocycles. The van der Waals surface area contributed by atoms with Crippen LogP contribution in [0.1, 0.15) is 30.4 Å². The molecule has 1 unspecified atom stereocenters. The summed E-state index contributed by atoms with van der Waals surface area (Å²) in [7, 11) is 0. The Hall–Kier alpha value is -2.62. The summed E-state index contributed by atoms with van der Waals surface area (Å²) in [5.41, 5.74) is 2.39. The highest BCUT2D eigenvalue weighted by Crippen LogP contribution is 2.26. The first-order valence-electron chi connectivity index (χ1n) is 12.7. The topological polar surface area (TPSA) is 73.4 Å². The van der Waals surface area contributed by atoms with Gasteiger partial charge < -0.3 is 14.6 Å². The van der Waals surface area contributed by atoms with Crippen LogP contribution in [0.2, 0.25) is 5.02 Å². The summed E-state index contributed by atoms with van der Waals surface area (Å²) in [6, 6.07) is 14.8. The number of carbonyl (C=O) groups excluding carboxylic acids is 3. The van der Waals surface area contributed by atoms with Crippen LogP contribution < -0.4 is 0 Å². The van der Waals surface area contributed by atoms with Gasteiger partial charge in [-0.25, -0.2) is 9.59 Å². The molecular weight excluding hydrogens is 560 g/mol. The monoisotopic (exact) mass is 588 g/mol. The number of hydrogen-bond acceptors (Lipinski definition) is 5. The molecule has 1 atom stereocenters. The Labute approximate surface area is 230 Å². The highest BCUT2D eigenvalue weighted by atomic mass is 79.9. The van der Waals surface area contributed by atoms with E-state index in [0.29, 0.717) is 50.2 Å². The van der Waals surface area contributed by atoms with Gasteiger partial charge in [-0.1, -0.05) is 56.9 Å². The van der Waals surface area contributed by atoms with Gasteiger partial charge in [-0.3, -0.25) is 9.69 Å². The minimum atomic E-state index is -0.636. The molecule has 10 heteroatoms. The number of benzene rings is 2. The van der Waals surface area contributed by atoms with Crippen LogP contribution in [0.15, 0.2) is 53.0 Å². The van der Waals surface area contributed by atoms with Gasteiger partial charge in [0.2, 0.25) is 0 Å². The van der Waals surface area contributed by atoms with Crippen LogP contribution in [0.25, 0.3) is 0 Å². The average Bonchev–Trinajstić information content (AvgIpc) is 3.14. The van der Waals surface area contributed by atoms with Crippen LogP contribution in [-0.4, -0.2) is 76.6 Å². The number of halogens is 2. The van der Waals surface area contributed by atoms with E-state index < -0.39 is 24.1 Å². The molecule has 0 bridgehead atoms. The Kier molecular flexibility index (Phi) is 8.02. The van der Waals surface area contributed by atoms with E-state index in [-0.39, 0.29) is 0 Å². The molecule has 0 radical (unpaired) electrons. The number of hydrogen-bond donors (Lipinski definition) is 0. The van der Waals surface area contributed by atoms with Crippen LogP contribution in [0.3, 0.4) is 0 Å². The molecule has 37 heavy (non-hydrogen) atoms. The molecule has 196 valence electrons. The maximum atomic E-state index is 13.0. The van der Waals surface area contributed by atoms with Crippen molar-refractivity contribution in [3.8, 4) is 0 Å². The van der Waals surface area contributed by atoms with Crippen molar-refractivity contribution in [2.45, 2.75) is 38.3 Å². The average molecular weight is 590 g/mol. The normalized spacial score (nSPS) is 20.9. The first kappa shape index (κ1) is 26.0. The first-order chi connectivity index (χ1) is 17.9. The Morgan fingerprint density at radius 1 is 0.946 bits per heavy atom. The van der Waals surface area contributed by atoms with Gasteiger partial charge in [0, 0.05) is 48.8 Å². The van der Waals surface area contributed by atoms with Crippen molar-refractivity contribution in [1.29, 1.82) is 0 Å². The standard InChI is InChI=1S/C27H30BrClN4O4/c28-22-7-3-21(4-8-22)17-30-15-16-32-24(18-30)25(34)33(26(32)35)37-27(36)31-13-11-20(12-14-31)2-1-19-5-9-23(29)10-6-19/h3-10,20,24H,1-2,11-18H2. The van der Waals surface area contributed by atoms with E-state index in [2.05, 4.69) is 20.8 Å². The third-order valence-corrected chi connectivity index (χ3v) is 8.27. The number of carbonyl (C=O) groups is 3. The van der Waals surface area contributed by atoms with Crippen LogP contribution in [0, 0.1) is 5.92 Å². The highest BCUT2D eigenvalue weighted by molar-refractivity contribution is 9.10. The molecule has 2 aromatic rings. The molecule has 0 spiro atoms. The molecular formula is C27H30BrClN4O4. The predicted molar refractivity (Wildman–Crippen MR) is 143 cm³/mol. The van der Waals surface area contributed by atoms with Gasteiger partial charge >= 0.3 is 12.1 Å². The number of piperazine rings is 1. The van der Waals surface area contributed by atoms with Gasteiger partial charge in [0.05, 0.1) is 0 Å². The summed E-state index contributed by atoms with van der Waals surface area (Å²) in [6.45, 7) is 3.26. The molecule has 0 aromatic heterocycles. The van der Waals surface area contributed by atoms with Crippen LogP contribution in [0.4, 0.5) is 9.59 Å². The quantitative estimate of drug-likeness (QED) is 0.446. The van der Waals surface area contributed by atoms with Crippen molar-refractivity contribution >= 4 is 45.6 Å². The molecule has 3 aliphatic rings. The predicted octanol–water partition coefficient (Wildman–Crippen LogP) is 4.95. The van der Waals surface area contributed by atoms with Gasteiger partial charge in [0.1, 0.15) is 6.04 Å². The Morgan fingerprint density at radius 2 is 1.62 bits per heavy atom. The van der Waals surface area contributed by atoms with Crippen molar-refractivity contribution in [1.82, 2.24) is 19.8 Å². The molecule has 0 N–H and O–H groups in total. The minimum absolute atomic E-state index is 0.410. The fourth-order valence-electron chi connectivity index (χ4n) is 5.26. The Morgan fingerprint density at radius 3 is 2.32 bits per heavy atom. The summed E-state index contributed by atoms with van der Waals surface area (Å²) >= 11 is 9.40. The fraction of sp³-hybridized carbons (Fsp3) is 0.444. The zero-order valence-electron chi connectivity index (χ0n) is 20.5. The van der Waals surface area contributed by atoms with Gasteiger partial charge in [-0.15, -0.1) is 0 Å². The van der Waals surface area contributed by atoms with Crippen LogP contribution in [0.5, 0.6) is 0 Å². The second kappa shape index (κ2) is 11.4. The van der Waals surface area contributed by atoms with Gasteiger partial charge in [-0.2, -0.15) is 0 Å². The van der Waals surface area contributed by atoms with Crippen LogP contribution >= 0.6 is 27.5 Å². The third kappa shape index (κ3) is 6.10. The molecule has 0 saturated carbocycles. The SMILES string of the molecule is O=C(ON1C(=O)C2CN(Cc3ccc(Br)cc3)CCN2C1=O)N1CCC(CCc2ccc(Cl)cc2)CC1. The maximum Gasteiger partial charge on any atom is 0.434 e. The second-order valence-corrected chi connectivity index (χ2v) is 11.3. The molecule has 4 amide bonds. The lowest BCUT2D eigenvalue weighted by atomic mass is 9.91. The highest BCUT2D eigenvalue weighted by Gasteiger charge is 2.50. The number of nitrogens with zero attached hydrogens (tertiary/aromatic N) is 4. The van der Waals surface area contributed by atoms with Crippen molar-refractivity contribution in [3.05, 3.63) is 69.2 Å². The number of amides is 4. The number of imide groups is 1. The van der Waals surface area contributed by atoms with E-state index in [1.807, 2.05) is 48.5 Å². The zero-order chi connectivity index (χ0) is 25.9. The third-order valence-electron chi connectivity index (χ3n) is 7.49.